The molecule has 0 unspecified atom stereocenters. The molecule has 1 aromatic carbocycles. The summed E-state index contributed by atoms with van der Waals surface area (Å²) < 4.78 is 25.6. The van der Waals surface area contributed by atoms with Gasteiger partial charge >= 0.3 is 0 Å². The number of benzene rings is 1. The predicted molar refractivity (Wildman–Crippen MR) is 55.4 cm³/mol. The molecule has 0 aliphatic heterocycles. The van der Waals surface area contributed by atoms with Crippen LogP contribution in [0.5, 0.6) is 0 Å². The van der Waals surface area contributed by atoms with Crippen LogP contribution in [-0.4, -0.2) is 15.5 Å². The molecular formula is C7H8INO2S. The van der Waals surface area contributed by atoms with Gasteiger partial charge in [-0.1, -0.05) is 12.1 Å². The van der Waals surface area contributed by atoms with E-state index in [0.717, 1.165) is 3.57 Å². The summed E-state index contributed by atoms with van der Waals surface area (Å²) in [5.74, 6) is 0. The minimum absolute atomic E-state index is 0.327. The summed E-state index contributed by atoms with van der Waals surface area (Å²) in [5, 5.41) is 0. The molecule has 0 spiro atoms. The quantitative estimate of drug-likeness (QED) is 0.834. The van der Waals surface area contributed by atoms with Crippen molar-refractivity contribution in [2.75, 3.05) is 7.05 Å². The summed E-state index contributed by atoms with van der Waals surface area (Å²) in [6.07, 6.45) is 0. The molecule has 0 aliphatic rings. The van der Waals surface area contributed by atoms with Crippen LogP contribution >= 0.6 is 22.6 Å². The van der Waals surface area contributed by atoms with Crippen molar-refractivity contribution in [1.29, 1.82) is 0 Å². The van der Waals surface area contributed by atoms with Crippen LogP contribution in [0.2, 0.25) is 0 Å². The Kier molecular flexibility index (Phi) is 3.08. The molecule has 0 heterocycles. The van der Waals surface area contributed by atoms with Crippen LogP contribution in [0.15, 0.2) is 29.2 Å². The van der Waals surface area contributed by atoms with Gasteiger partial charge in [0.05, 0.1) is 4.90 Å². The summed E-state index contributed by atoms with van der Waals surface area (Å²) in [4.78, 5) is 0.327. The van der Waals surface area contributed by atoms with Gasteiger partial charge in [-0.3, -0.25) is 0 Å². The van der Waals surface area contributed by atoms with Gasteiger partial charge in [0.25, 0.3) is 0 Å². The Morgan fingerprint density at radius 3 is 2.42 bits per heavy atom. The molecule has 0 saturated carbocycles. The highest BCUT2D eigenvalue weighted by Gasteiger charge is 2.13. The molecule has 0 bridgehead atoms. The van der Waals surface area contributed by atoms with E-state index in [1.165, 1.54) is 7.05 Å². The van der Waals surface area contributed by atoms with E-state index in [1.807, 2.05) is 22.6 Å². The molecule has 66 valence electrons. The molecule has 3 nitrogen and oxygen atoms in total. The van der Waals surface area contributed by atoms with Crippen LogP contribution < -0.4 is 4.72 Å². The maximum atomic E-state index is 11.3. The van der Waals surface area contributed by atoms with Gasteiger partial charge in [-0.05, 0) is 41.8 Å². The minimum atomic E-state index is -3.29. The zero-order valence-electron chi connectivity index (χ0n) is 6.41. The van der Waals surface area contributed by atoms with Crippen molar-refractivity contribution in [3.63, 3.8) is 0 Å². The Morgan fingerprint density at radius 1 is 1.33 bits per heavy atom. The van der Waals surface area contributed by atoms with Crippen molar-refractivity contribution in [3.8, 4) is 0 Å². The van der Waals surface area contributed by atoms with Gasteiger partial charge in [-0.25, -0.2) is 13.1 Å². The van der Waals surface area contributed by atoms with E-state index >= 15 is 0 Å². The summed E-state index contributed by atoms with van der Waals surface area (Å²) in [5.41, 5.74) is 0. The molecule has 0 amide bonds. The SMILES string of the molecule is CNS(=O)(=O)c1ccccc1I. The fourth-order valence-corrected chi connectivity index (χ4v) is 2.83. The summed E-state index contributed by atoms with van der Waals surface area (Å²) in [6, 6.07) is 6.83. The van der Waals surface area contributed by atoms with Gasteiger partial charge < -0.3 is 0 Å². The first kappa shape index (κ1) is 9.94. The van der Waals surface area contributed by atoms with Gasteiger partial charge in [0.15, 0.2) is 0 Å². The molecule has 0 atom stereocenters. The standard InChI is InChI=1S/C7H8INO2S/c1-9-12(10,11)7-5-3-2-4-6(7)8/h2-5,9H,1H3. The molecule has 5 heteroatoms. The van der Waals surface area contributed by atoms with Crippen LogP contribution in [0.3, 0.4) is 0 Å². The average molecular weight is 297 g/mol. The molecule has 0 radical (unpaired) electrons. The highest BCUT2D eigenvalue weighted by molar-refractivity contribution is 14.1. The minimum Gasteiger partial charge on any atom is -0.214 e. The smallest absolute Gasteiger partial charge is 0.214 e. The fraction of sp³-hybridized carbons (Fsp3) is 0.143. The number of hydrogen-bond donors (Lipinski definition) is 1. The second-order valence-electron chi connectivity index (χ2n) is 2.14. The number of rotatable bonds is 2. The van der Waals surface area contributed by atoms with Crippen molar-refractivity contribution in [2.45, 2.75) is 4.90 Å². The highest BCUT2D eigenvalue weighted by Crippen LogP contribution is 2.16. The van der Waals surface area contributed by atoms with E-state index in [1.54, 1.807) is 24.3 Å². The topological polar surface area (TPSA) is 46.2 Å². The van der Waals surface area contributed by atoms with Crippen molar-refractivity contribution in [1.82, 2.24) is 4.72 Å². The Bertz CT molecular complexity index is 375. The molecular weight excluding hydrogens is 289 g/mol. The molecule has 0 fully saturated rings. The molecule has 0 aliphatic carbocycles. The van der Waals surface area contributed by atoms with Crippen LogP contribution in [0.1, 0.15) is 0 Å². The van der Waals surface area contributed by atoms with Crippen molar-refractivity contribution in [3.05, 3.63) is 27.8 Å². The van der Waals surface area contributed by atoms with Crippen molar-refractivity contribution >= 4 is 32.6 Å². The van der Waals surface area contributed by atoms with E-state index in [4.69, 9.17) is 0 Å². The van der Waals surface area contributed by atoms with Crippen LogP contribution in [-0.2, 0) is 10.0 Å². The monoisotopic (exact) mass is 297 g/mol. The lowest BCUT2D eigenvalue weighted by atomic mass is 10.4. The molecule has 0 saturated heterocycles. The Morgan fingerprint density at radius 2 is 1.92 bits per heavy atom. The Hall–Kier alpha value is -0.140. The third-order valence-corrected chi connectivity index (χ3v) is 4.17. The summed E-state index contributed by atoms with van der Waals surface area (Å²) in [7, 11) is -1.89. The molecule has 0 aromatic heterocycles. The lowest BCUT2D eigenvalue weighted by molar-refractivity contribution is 0.587. The number of sulfonamides is 1. The van der Waals surface area contributed by atoms with Crippen LogP contribution in [0.25, 0.3) is 0 Å². The highest BCUT2D eigenvalue weighted by atomic mass is 127. The zero-order chi connectivity index (χ0) is 9.19. The third kappa shape index (κ3) is 1.96. The van der Waals surface area contributed by atoms with Crippen LogP contribution in [0.4, 0.5) is 0 Å². The molecule has 1 rings (SSSR count). The lowest BCUT2D eigenvalue weighted by Crippen LogP contribution is -2.19. The van der Waals surface area contributed by atoms with Crippen LogP contribution in [0, 0.1) is 3.57 Å². The van der Waals surface area contributed by atoms with Gasteiger partial charge in [-0.2, -0.15) is 0 Å². The van der Waals surface area contributed by atoms with Gasteiger partial charge in [0.1, 0.15) is 0 Å². The zero-order valence-corrected chi connectivity index (χ0v) is 9.39. The first-order valence-corrected chi connectivity index (χ1v) is 5.82. The van der Waals surface area contributed by atoms with E-state index in [2.05, 4.69) is 4.72 Å². The number of nitrogens with one attached hydrogen (secondary N) is 1. The van der Waals surface area contributed by atoms with Gasteiger partial charge in [0, 0.05) is 3.57 Å². The first-order valence-electron chi connectivity index (χ1n) is 3.26. The van der Waals surface area contributed by atoms with E-state index in [-0.39, 0.29) is 0 Å². The largest absolute Gasteiger partial charge is 0.241 e. The predicted octanol–water partition coefficient (Wildman–Crippen LogP) is 1.20. The van der Waals surface area contributed by atoms with E-state index in [9.17, 15) is 8.42 Å². The summed E-state index contributed by atoms with van der Waals surface area (Å²) >= 11 is 1.99. The van der Waals surface area contributed by atoms with Crippen molar-refractivity contribution in [2.24, 2.45) is 0 Å². The van der Waals surface area contributed by atoms with E-state index < -0.39 is 10.0 Å². The Labute approximate surface area is 85.4 Å². The summed E-state index contributed by atoms with van der Waals surface area (Å²) in [6.45, 7) is 0. The molecule has 12 heavy (non-hydrogen) atoms. The second kappa shape index (κ2) is 3.71. The van der Waals surface area contributed by atoms with Crippen molar-refractivity contribution < 1.29 is 8.42 Å². The second-order valence-corrected chi connectivity index (χ2v) is 5.16. The maximum Gasteiger partial charge on any atom is 0.241 e. The normalized spacial score (nSPS) is 11.5. The molecule has 1 N–H and O–H groups in total. The molecule has 1 aromatic rings. The first-order chi connectivity index (χ1) is 5.58. The number of hydrogen-bond acceptors (Lipinski definition) is 2. The third-order valence-electron chi connectivity index (χ3n) is 1.39. The van der Waals surface area contributed by atoms with Gasteiger partial charge in [-0.15, -0.1) is 0 Å². The lowest BCUT2D eigenvalue weighted by Gasteiger charge is -2.03. The van der Waals surface area contributed by atoms with E-state index in [0.29, 0.717) is 4.90 Å². The average Bonchev–Trinajstić information content (AvgIpc) is 2.05. The maximum absolute atomic E-state index is 11.3. The fourth-order valence-electron chi connectivity index (χ4n) is 0.773. The van der Waals surface area contributed by atoms with Gasteiger partial charge in [0.2, 0.25) is 10.0 Å². The number of halogens is 1. The Balaban J connectivity index is 3.30.